The van der Waals surface area contributed by atoms with Crippen molar-refractivity contribution in [3.8, 4) is 6.07 Å². The lowest BCUT2D eigenvalue weighted by Gasteiger charge is -2.44. The molecule has 0 saturated carbocycles. The van der Waals surface area contributed by atoms with E-state index in [1.807, 2.05) is 0 Å². The van der Waals surface area contributed by atoms with E-state index in [2.05, 4.69) is 16.0 Å². The molecule has 3 heterocycles. The average Bonchev–Trinajstić information content (AvgIpc) is 2.22. The Morgan fingerprint density at radius 2 is 2.15 bits per heavy atom. The van der Waals surface area contributed by atoms with Crippen LogP contribution in [-0.2, 0) is 0 Å². The smallest absolute Gasteiger partial charge is 0.116 e. The molecule has 3 heteroatoms. The van der Waals surface area contributed by atoms with Crippen LogP contribution in [-0.4, -0.2) is 37.3 Å². The zero-order valence-electron chi connectivity index (χ0n) is 8.03. The summed E-state index contributed by atoms with van der Waals surface area (Å²) in [5, 5.41) is 8.91. The van der Waals surface area contributed by atoms with Gasteiger partial charge in [-0.15, -0.1) is 0 Å². The number of fused-ring (bicyclic) bond motifs is 3. The molecule has 0 aromatic heterocycles. The van der Waals surface area contributed by atoms with Gasteiger partial charge in [-0.25, -0.2) is 0 Å². The van der Waals surface area contributed by atoms with Gasteiger partial charge in [0.1, 0.15) is 11.8 Å². The Morgan fingerprint density at radius 1 is 1.46 bits per heavy atom. The number of piperidine rings is 3. The van der Waals surface area contributed by atoms with E-state index in [4.69, 9.17) is 5.26 Å². The van der Waals surface area contributed by atoms with Gasteiger partial charge in [0.25, 0.3) is 0 Å². The molecule has 3 saturated heterocycles. The van der Waals surface area contributed by atoms with Crippen LogP contribution in [0.4, 0.5) is 0 Å². The second-order valence-corrected chi connectivity index (χ2v) is 3.97. The molecule has 0 N–H and O–H groups in total. The number of nitriles is 1. The molecule has 0 radical (unpaired) electrons. The van der Waals surface area contributed by atoms with Crippen molar-refractivity contribution < 1.29 is 0 Å². The topological polar surface area (TPSA) is 39.4 Å². The summed E-state index contributed by atoms with van der Waals surface area (Å²) < 4.78 is 0. The van der Waals surface area contributed by atoms with Gasteiger partial charge in [-0.2, -0.15) is 5.26 Å². The molecule has 3 aliphatic rings. The molecule has 2 bridgehead atoms. The third-order valence-corrected chi connectivity index (χ3v) is 3.36. The molecule has 1 atom stereocenters. The van der Waals surface area contributed by atoms with E-state index >= 15 is 0 Å². The summed E-state index contributed by atoms with van der Waals surface area (Å²) in [4.78, 5) is 6.53. The monoisotopic (exact) mass is 177 g/mol. The molecule has 13 heavy (non-hydrogen) atoms. The summed E-state index contributed by atoms with van der Waals surface area (Å²) >= 11 is 0. The highest BCUT2D eigenvalue weighted by Crippen LogP contribution is 2.32. The van der Waals surface area contributed by atoms with Crippen molar-refractivity contribution in [1.82, 2.24) is 4.90 Å². The van der Waals surface area contributed by atoms with E-state index in [9.17, 15) is 0 Å². The van der Waals surface area contributed by atoms with Gasteiger partial charge in [-0.3, -0.25) is 4.99 Å². The van der Waals surface area contributed by atoms with Crippen molar-refractivity contribution in [2.24, 2.45) is 16.8 Å². The Hall–Kier alpha value is -0.880. The number of hydrogen-bond acceptors (Lipinski definition) is 3. The number of aliphatic imine (C=N–C) groups is 1. The Morgan fingerprint density at radius 3 is 2.54 bits per heavy atom. The average molecular weight is 177 g/mol. The summed E-state index contributed by atoms with van der Waals surface area (Å²) in [6.45, 7) is 3.51. The number of nitrogens with zero attached hydrogens (tertiary/aromatic N) is 3. The van der Waals surface area contributed by atoms with Crippen LogP contribution in [0.1, 0.15) is 12.8 Å². The van der Waals surface area contributed by atoms with Crippen molar-refractivity contribution in [2.45, 2.75) is 12.8 Å². The molecule has 1 unspecified atom stereocenters. The Kier molecular flexibility index (Phi) is 2.32. The van der Waals surface area contributed by atoms with E-state index in [-0.39, 0.29) is 0 Å². The van der Waals surface area contributed by atoms with Crippen LogP contribution in [0.5, 0.6) is 0 Å². The van der Waals surface area contributed by atoms with Gasteiger partial charge in [-0.1, -0.05) is 0 Å². The van der Waals surface area contributed by atoms with Crippen molar-refractivity contribution in [1.29, 1.82) is 5.26 Å². The van der Waals surface area contributed by atoms with Crippen molar-refractivity contribution >= 4 is 5.71 Å². The number of rotatable bonds is 1. The highest BCUT2D eigenvalue weighted by molar-refractivity contribution is 6.00. The molecular weight excluding hydrogens is 162 g/mol. The maximum absolute atomic E-state index is 8.91. The van der Waals surface area contributed by atoms with Crippen LogP contribution in [0.2, 0.25) is 0 Å². The van der Waals surface area contributed by atoms with Crippen molar-refractivity contribution in [3.05, 3.63) is 0 Å². The van der Waals surface area contributed by atoms with E-state index in [0.29, 0.717) is 5.92 Å². The van der Waals surface area contributed by atoms with Crippen LogP contribution in [0.15, 0.2) is 4.99 Å². The van der Waals surface area contributed by atoms with Gasteiger partial charge >= 0.3 is 0 Å². The molecule has 3 rings (SSSR count). The first-order chi connectivity index (χ1) is 6.35. The quantitative estimate of drug-likeness (QED) is 0.559. The van der Waals surface area contributed by atoms with Gasteiger partial charge in [-0.05, 0) is 31.8 Å². The van der Waals surface area contributed by atoms with Gasteiger partial charge < -0.3 is 4.90 Å². The SMILES string of the molecule is C/N=C(\C#N)C1CN2CCC1CC2. The Balaban J connectivity index is 2.13. The first kappa shape index (κ1) is 8.71. The zero-order chi connectivity index (χ0) is 9.26. The van der Waals surface area contributed by atoms with Gasteiger partial charge in [0.2, 0.25) is 0 Å². The van der Waals surface area contributed by atoms with E-state index < -0.39 is 0 Å². The molecule has 0 aromatic rings. The molecule has 70 valence electrons. The summed E-state index contributed by atoms with van der Waals surface area (Å²) in [6.07, 6.45) is 2.51. The van der Waals surface area contributed by atoms with Crippen LogP contribution in [0, 0.1) is 23.2 Å². The third kappa shape index (κ3) is 1.47. The summed E-state index contributed by atoms with van der Waals surface area (Å²) in [5.41, 5.74) is 0.759. The second-order valence-electron chi connectivity index (χ2n) is 3.97. The Labute approximate surface area is 79.1 Å². The summed E-state index contributed by atoms with van der Waals surface area (Å²) in [6, 6.07) is 2.23. The van der Waals surface area contributed by atoms with Crippen LogP contribution in [0.3, 0.4) is 0 Å². The maximum Gasteiger partial charge on any atom is 0.116 e. The van der Waals surface area contributed by atoms with Gasteiger partial charge in [0.05, 0.1) is 0 Å². The fourth-order valence-corrected chi connectivity index (χ4v) is 2.57. The predicted octanol–water partition coefficient (Wildman–Crippen LogP) is 0.923. The zero-order valence-corrected chi connectivity index (χ0v) is 8.03. The number of hydrogen-bond donors (Lipinski definition) is 0. The third-order valence-electron chi connectivity index (χ3n) is 3.36. The predicted molar refractivity (Wildman–Crippen MR) is 51.6 cm³/mol. The van der Waals surface area contributed by atoms with E-state index in [0.717, 1.165) is 18.2 Å². The van der Waals surface area contributed by atoms with Crippen molar-refractivity contribution in [3.63, 3.8) is 0 Å². The van der Waals surface area contributed by atoms with Gasteiger partial charge in [0.15, 0.2) is 0 Å². The lowest BCUT2D eigenvalue weighted by molar-refractivity contribution is 0.0826. The summed E-state index contributed by atoms with van der Waals surface area (Å²) in [7, 11) is 1.73. The molecule has 0 spiro atoms. The standard InChI is InChI=1S/C10H15N3/c1-12-10(6-11)9-7-13-4-2-8(9)3-5-13/h8-9H,2-5,7H2,1H3/b12-10+. The van der Waals surface area contributed by atoms with E-state index in [1.165, 1.54) is 25.9 Å². The lowest BCUT2D eigenvalue weighted by Crippen LogP contribution is -2.49. The Bertz CT molecular complexity index is 256. The first-order valence-electron chi connectivity index (χ1n) is 4.94. The highest BCUT2D eigenvalue weighted by Gasteiger charge is 2.36. The lowest BCUT2D eigenvalue weighted by atomic mass is 9.77. The normalized spacial score (nSPS) is 38.8. The molecular formula is C10H15N3. The van der Waals surface area contributed by atoms with Gasteiger partial charge in [0, 0.05) is 19.5 Å². The largest absolute Gasteiger partial charge is 0.303 e. The summed E-state index contributed by atoms with van der Waals surface area (Å²) in [5.74, 6) is 1.15. The minimum absolute atomic E-state index is 0.428. The van der Waals surface area contributed by atoms with Crippen molar-refractivity contribution in [2.75, 3.05) is 26.7 Å². The van der Waals surface area contributed by atoms with Crippen LogP contribution in [0.25, 0.3) is 0 Å². The van der Waals surface area contributed by atoms with Crippen LogP contribution < -0.4 is 0 Å². The molecule has 0 aliphatic carbocycles. The highest BCUT2D eigenvalue weighted by atomic mass is 15.1. The minimum Gasteiger partial charge on any atom is -0.303 e. The molecule has 3 fully saturated rings. The van der Waals surface area contributed by atoms with Crippen LogP contribution >= 0.6 is 0 Å². The molecule has 0 aromatic carbocycles. The molecule has 3 nitrogen and oxygen atoms in total. The van der Waals surface area contributed by atoms with E-state index in [1.54, 1.807) is 7.05 Å². The molecule has 3 aliphatic heterocycles. The fraction of sp³-hybridized carbons (Fsp3) is 0.800. The fourth-order valence-electron chi connectivity index (χ4n) is 2.57. The first-order valence-corrected chi connectivity index (χ1v) is 4.94. The second kappa shape index (κ2) is 3.47. The maximum atomic E-state index is 8.91. The minimum atomic E-state index is 0.428. The molecule has 0 amide bonds.